The molecule has 1 aromatic carbocycles. The van der Waals surface area contributed by atoms with E-state index >= 15 is 0 Å². The van der Waals surface area contributed by atoms with E-state index in [4.69, 9.17) is 0 Å². The van der Waals surface area contributed by atoms with Crippen LogP contribution < -0.4 is 5.32 Å². The number of nitrogens with one attached hydrogen (secondary N) is 1. The fourth-order valence-electron chi connectivity index (χ4n) is 2.49. The maximum atomic E-state index is 13.2. The van der Waals surface area contributed by atoms with Gasteiger partial charge in [0.05, 0.1) is 0 Å². The number of rotatable bonds is 4. The van der Waals surface area contributed by atoms with Gasteiger partial charge in [-0.1, -0.05) is 12.1 Å². The van der Waals surface area contributed by atoms with Crippen molar-refractivity contribution >= 4 is 22.5 Å². The average Bonchev–Trinajstić information content (AvgIpc) is 3.16. The maximum absolute atomic E-state index is 13.2. The Kier molecular flexibility index (Phi) is 4.85. The molecule has 1 fully saturated rings. The Morgan fingerprint density at radius 2 is 2.30 bits per heavy atom. The van der Waals surface area contributed by atoms with E-state index in [2.05, 4.69) is 10.3 Å². The van der Waals surface area contributed by atoms with Gasteiger partial charge in [0.15, 0.2) is 5.13 Å². The second-order valence-corrected chi connectivity index (χ2v) is 6.33. The van der Waals surface area contributed by atoms with Gasteiger partial charge in [-0.3, -0.25) is 10.3 Å². The molecule has 1 aliphatic heterocycles. The molecule has 1 saturated heterocycles. The molecular formula is C15H17FN4O2S. The highest BCUT2D eigenvalue weighted by Crippen LogP contribution is 2.22. The highest BCUT2D eigenvalue weighted by Gasteiger charge is 2.26. The van der Waals surface area contributed by atoms with Crippen LogP contribution in [0.15, 0.2) is 30.5 Å². The van der Waals surface area contributed by atoms with E-state index in [-0.39, 0.29) is 18.6 Å². The van der Waals surface area contributed by atoms with Gasteiger partial charge < -0.3 is 5.11 Å². The van der Waals surface area contributed by atoms with Gasteiger partial charge in [-0.2, -0.15) is 5.01 Å². The Bertz CT molecular complexity index is 694. The van der Waals surface area contributed by atoms with Gasteiger partial charge in [-0.05, 0) is 24.1 Å². The number of aromatic nitrogens is 1. The highest BCUT2D eigenvalue weighted by atomic mass is 32.1. The molecular weight excluding hydrogens is 319 g/mol. The third-order valence-corrected chi connectivity index (χ3v) is 4.47. The van der Waals surface area contributed by atoms with Gasteiger partial charge in [-0.25, -0.2) is 14.2 Å². The monoisotopic (exact) mass is 336 g/mol. The quantitative estimate of drug-likeness (QED) is 0.899. The third kappa shape index (κ3) is 3.84. The third-order valence-electron chi connectivity index (χ3n) is 3.56. The number of nitrogens with zero attached hydrogens (tertiary/aromatic N) is 3. The number of aliphatic hydroxyl groups is 1. The van der Waals surface area contributed by atoms with E-state index in [0.29, 0.717) is 24.6 Å². The van der Waals surface area contributed by atoms with E-state index in [1.807, 2.05) is 6.07 Å². The van der Waals surface area contributed by atoms with Crippen LogP contribution in [0.1, 0.15) is 16.9 Å². The minimum Gasteiger partial charge on any atom is -0.379 e. The summed E-state index contributed by atoms with van der Waals surface area (Å²) in [6, 6.07) is 6.12. The molecule has 0 saturated carbocycles. The molecule has 6 nitrogen and oxygen atoms in total. The number of anilines is 1. The summed E-state index contributed by atoms with van der Waals surface area (Å²) in [4.78, 5) is 17.3. The minimum absolute atomic E-state index is 0.184. The first-order chi connectivity index (χ1) is 11.2. The summed E-state index contributed by atoms with van der Waals surface area (Å²) in [5.74, 6) is -0.265. The summed E-state index contributed by atoms with van der Waals surface area (Å²) in [6.45, 7) is 1.05. The molecule has 0 bridgehead atoms. The van der Waals surface area contributed by atoms with Crippen molar-refractivity contribution in [2.75, 3.05) is 25.1 Å². The molecule has 1 aliphatic rings. The van der Waals surface area contributed by atoms with E-state index in [9.17, 15) is 14.3 Å². The Hall–Kier alpha value is -2.03. The second-order valence-electron chi connectivity index (χ2n) is 5.22. The van der Waals surface area contributed by atoms with Crippen LogP contribution in [0.5, 0.6) is 0 Å². The summed E-state index contributed by atoms with van der Waals surface area (Å²) in [5, 5.41) is 15.5. The van der Waals surface area contributed by atoms with Crippen LogP contribution >= 0.6 is 11.3 Å². The van der Waals surface area contributed by atoms with Gasteiger partial charge in [0.25, 0.3) is 0 Å². The molecule has 2 aromatic rings. The van der Waals surface area contributed by atoms with Crippen molar-refractivity contribution in [3.05, 3.63) is 46.7 Å². The molecule has 0 aliphatic carbocycles. The number of amides is 2. The number of urea groups is 1. The lowest BCUT2D eigenvalue weighted by Gasteiger charge is -2.25. The molecule has 1 aromatic heterocycles. The Balaban J connectivity index is 1.62. The lowest BCUT2D eigenvalue weighted by atomic mass is 10.1. The molecule has 122 valence electrons. The molecule has 0 unspecified atom stereocenters. The van der Waals surface area contributed by atoms with Crippen molar-refractivity contribution in [1.82, 2.24) is 15.0 Å². The summed E-state index contributed by atoms with van der Waals surface area (Å²) in [6.07, 6.45) is 3.08. The number of hydrogen-bond acceptors (Lipinski definition) is 5. The van der Waals surface area contributed by atoms with Crippen LogP contribution in [0.25, 0.3) is 0 Å². The molecule has 0 spiro atoms. The predicted octanol–water partition coefficient (Wildman–Crippen LogP) is 2.28. The van der Waals surface area contributed by atoms with Crippen molar-refractivity contribution in [2.45, 2.75) is 12.8 Å². The summed E-state index contributed by atoms with van der Waals surface area (Å²) < 4.78 is 13.2. The first-order valence-corrected chi connectivity index (χ1v) is 8.11. The molecule has 0 radical (unpaired) electrons. The summed E-state index contributed by atoms with van der Waals surface area (Å²) in [7, 11) is 0. The highest BCUT2D eigenvalue weighted by molar-refractivity contribution is 7.15. The molecule has 2 amide bonds. The van der Waals surface area contributed by atoms with Crippen molar-refractivity contribution in [3.63, 3.8) is 0 Å². The molecule has 2 N–H and O–H groups in total. The Labute approximate surface area is 137 Å². The van der Waals surface area contributed by atoms with Crippen LogP contribution in [-0.4, -0.2) is 46.0 Å². The van der Waals surface area contributed by atoms with Crippen molar-refractivity contribution < 1.29 is 14.3 Å². The predicted molar refractivity (Wildman–Crippen MR) is 85.5 cm³/mol. The molecule has 0 atom stereocenters. The van der Waals surface area contributed by atoms with Crippen LogP contribution in [0.3, 0.4) is 0 Å². The molecule has 3 rings (SSSR count). The second kappa shape index (κ2) is 7.03. The van der Waals surface area contributed by atoms with Crippen LogP contribution in [0, 0.1) is 5.82 Å². The van der Waals surface area contributed by atoms with Crippen LogP contribution in [-0.2, 0) is 6.42 Å². The number of thiazole rings is 1. The van der Waals surface area contributed by atoms with E-state index in [0.717, 1.165) is 16.9 Å². The smallest absolute Gasteiger partial charge is 0.338 e. The van der Waals surface area contributed by atoms with Gasteiger partial charge in [0, 0.05) is 30.6 Å². The zero-order valence-electron chi connectivity index (χ0n) is 12.4. The maximum Gasteiger partial charge on any atom is 0.338 e. The first kappa shape index (κ1) is 15.9. The van der Waals surface area contributed by atoms with Gasteiger partial charge in [-0.15, -0.1) is 11.3 Å². The van der Waals surface area contributed by atoms with Gasteiger partial charge in [0.1, 0.15) is 12.5 Å². The number of hydrogen-bond donors (Lipinski definition) is 2. The topological polar surface area (TPSA) is 68.7 Å². The lowest BCUT2D eigenvalue weighted by Crippen LogP contribution is -2.43. The molecule has 23 heavy (non-hydrogen) atoms. The fraction of sp³-hybridized carbons (Fsp3) is 0.333. The Morgan fingerprint density at radius 1 is 1.43 bits per heavy atom. The Morgan fingerprint density at radius 3 is 3.09 bits per heavy atom. The molecule has 2 heterocycles. The number of carbonyl (C=O) groups excluding carboxylic acids is 1. The SMILES string of the molecule is O=C(Nc1ncc(Cc2cccc(F)c2)s1)N1CCCN1CO. The van der Waals surface area contributed by atoms with Gasteiger partial charge in [0.2, 0.25) is 0 Å². The van der Waals surface area contributed by atoms with E-state index in [1.165, 1.54) is 28.5 Å². The number of aliphatic hydroxyl groups excluding tert-OH is 1. The fourth-order valence-corrected chi connectivity index (χ4v) is 3.33. The normalized spacial score (nSPS) is 15.1. The zero-order valence-corrected chi connectivity index (χ0v) is 13.2. The number of hydrazine groups is 1. The lowest BCUT2D eigenvalue weighted by molar-refractivity contribution is -0.00691. The van der Waals surface area contributed by atoms with Crippen molar-refractivity contribution in [2.24, 2.45) is 0 Å². The average molecular weight is 336 g/mol. The summed E-state index contributed by atoms with van der Waals surface area (Å²) >= 11 is 1.36. The zero-order chi connectivity index (χ0) is 16.2. The van der Waals surface area contributed by atoms with E-state index < -0.39 is 0 Å². The molecule has 8 heteroatoms. The standard InChI is InChI=1S/C15H17FN4O2S/c16-12-4-1-3-11(7-12)8-13-9-17-14(23-13)18-15(22)20-6-2-5-19(20)10-21/h1,3-4,7,9,21H,2,5-6,8,10H2,(H,17,18,22). The van der Waals surface area contributed by atoms with Crippen molar-refractivity contribution in [1.29, 1.82) is 0 Å². The summed E-state index contributed by atoms with van der Waals surface area (Å²) in [5.41, 5.74) is 0.859. The minimum atomic E-state index is -0.303. The number of carbonyl (C=O) groups is 1. The first-order valence-electron chi connectivity index (χ1n) is 7.29. The van der Waals surface area contributed by atoms with Crippen LogP contribution in [0.2, 0.25) is 0 Å². The van der Waals surface area contributed by atoms with Gasteiger partial charge >= 0.3 is 6.03 Å². The van der Waals surface area contributed by atoms with E-state index in [1.54, 1.807) is 17.3 Å². The van der Waals surface area contributed by atoms with Crippen molar-refractivity contribution in [3.8, 4) is 0 Å². The largest absolute Gasteiger partial charge is 0.379 e. The number of benzene rings is 1. The van der Waals surface area contributed by atoms with Crippen LogP contribution in [0.4, 0.5) is 14.3 Å². The number of halogens is 1.